The Labute approximate surface area is 155 Å². The van der Waals surface area contributed by atoms with Gasteiger partial charge in [0.2, 0.25) is 5.91 Å². The standard InChI is InChI=1S/C21H28N4O/c1-21(2,24-13-7-4-8-14-24)17-22-20(26)12-11-18-15-23-25(16-18)19-9-5-3-6-10-19/h3,5-6,9-12,15-16H,4,7-8,13-14,17H2,1-2H3,(H,22,26). The molecular weight excluding hydrogens is 324 g/mol. The highest BCUT2D eigenvalue weighted by atomic mass is 16.1. The zero-order valence-electron chi connectivity index (χ0n) is 15.7. The summed E-state index contributed by atoms with van der Waals surface area (Å²) in [6, 6.07) is 9.92. The quantitative estimate of drug-likeness (QED) is 0.812. The van der Waals surface area contributed by atoms with Crippen LogP contribution in [0.4, 0.5) is 0 Å². The Bertz CT molecular complexity index is 742. The summed E-state index contributed by atoms with van der Waals surface area (Å²) in [6.07, 6.45) is 10.9. The third kappa shape index (κ3) is 4.82. The van der Waals surface area contributed by atoms with E-state index in [0.29, 0.717) is 6.54 Å². The molecule has 0 radical (unpaired) electrons. The van der Waals surface area contributed by atoms with Gasteiger partial charge in [-0.2, -0.15) is 5.10 Å². The van der Waals surface area contributed by atoms with Crippen LogP contribution in [-0.2, 0) is 4.79 Å². The molecule has 0 atom stereocenters. The number of amides is 1. The van der Waals surface area contributed by atoms with E-state index in [0.717, 1.165) is 24.3 Å². The first-order valence-corrected chi connectivity index (χ1v) is 9.36. The summed E-state index contributed by atoms with van der Waals surface area (Å²) in [5.41, 5.74) is 1.89. The van der Waals surface area contributed by atoms with Gasteiger partial charge in [0.05, 0.1) is 11.9 Å². The molecule has 0 unspecified atom stereocenters. The number of benzene rings is 1. The van der Waals surface area contributed by atoms with Gasteiger partial charge in [0.25, 0.3) is 0 Å². The van der Waals surface area contributed by atoms with Crippen LogP contribution in [-0.4, -0.2) is 45.8 Å². The summed E-state index contributed by atoms with van der Waals surface area (Å²) in [6.45, 7) is 7.30. The minimum Gasteiger partial charge on any atom is -0.351 e. The van der Waals surface area contributed by atoms with Crippen LogP contribution in [0.5, 0.6) is 0 Å². The first kappa shape index (κ1) is 18.4. The molecule has 1 aliphatic heterocycles. The molecule has 1 N–H and O–H groups in total. The average molecular weight is 352 g/mol. The second kappa shape index (κ2) is 8.32. The highest BCUT2D eigenvalue weighted by Gasteiger charge is 2.27. The minimum absolute atomic E-state index is 0.0118. The first-order valence-electron chi connectivity index (χ1n) is 9.36. The molecule has 0 spiro atoms. The number of nitrogens with zero attached hydrogens (tertiary/aromatic N) is 3. The maximum atomic E-state index is 12.2. The Morgan fingerprint density at radius 1 is 1.19 bits per heavy atom. The zero-order chi connectivity index (χ0) is 18.4. The largest absolute Gasteiger partial charge is 0.351 e. The number of nitrogens with one attached hydrogen (secondary N) is 1. The van der Waals surface area contributed by atoms with Crippen LogP contribution in [0.1, 0.15) is 38.7 Å². The fraction of sp³-hybridized carbons (Fsp3) is 0.429. The lowest BCUT2D eigenvalue weighted by Gasteiger charge is -2.41. The third-order valence-corrected chi connectivity index (χ3v) is 4.96. The zero-order valence-corrected chi connectivity index (χ0v) is 15.7. The molecule has 1 saturated heterocycles. The van der Waals surface area contributed by atoms with Gasteiger partial charge in [-0.1, -0.05) is 24.6 Å². The molecule has 1 aromatic heterocycles. The number of likely N-dealkylation sites (tertiary alicyclic amines) is 1. The van der Waals surface area contributed by atoms with Gasteiger partial charge in [-0.05, 0) is 58.0 Å². The van der Waals surface area contributed by atoms with E-state index in [4.69, 9.17) is 0 Å². The van der Waals surface area contributed by atoms with E-state index in [1.165, 1.54) is 19.3 Å². The van der Waals surface area contributed by atoms with Crippen LogP contribution in [0, 0.1) is 0 Å². The molecule has 26 heavy (non-hydrogen) atoms. The molecule has 138 valence electrons. The van der Waals surface area contributed by atoms with Gasteiger partial charge in [-0.25, -0.2) is 4.68 Å². The second-order valence-corrected chi connectivity index (χ2v) is 7.47. The van der Waals surface area contributed by atoms with Crippen LogP contribution in [0.3, 0.4) is 0 Å². The molecule has 1 aliphatic rings. The van der Waals surface area contributed by atoms with Crippen LogP contribution in [0.2, 0.25) is 0 Å². The van der Waals surface area contributed by atoms with Gasteiger partial charge in [-0.3, -0.25) is 9.69 Å². The van der Waals surface area contributed by atoms with Crippen LogP contribution in [0.25, 0.3) is 11.8 Å². The van der Waals surface area contributed by atoms with Gasteiger partial charge in [0.1, 0.15) is 0 Å². The molecule has 1 fully saturated rings. The number of rotatable bonds is 6. The minimum atomic E-state index is -0.0671. The van der Waals surface area contributed by atoms with Crippen LogP contribution in [0.15, 0.2) is 48.8 Å². The van der Waals surface area contributed by atoms with Crippen molar-refractivity contribution in [1.29, 1.82) is 0 Å². The van der Waals surface area contributed by atoms with E-state index in [9.17, 15) is 4.79 Å². The Balaban J connectivity index is 1.52. The molecule has 2 aromatic rings. The Morgan fingerprint density at radius 2 is 1.92 bits per heavy atom. The summed E-state index contributed by atoms with van der Waals surface area (Å²) in [7, 11) is 0. The highest BCUT2D eigenvalue weighted by molar-refractivity contribution is 5.91. The van der Waals surface area contributed by atoms with Gasteiger partial charge >= 0.3 is 0 Å². The average Bonchev–Trinajstić information content (AvgIpc) is 3.15. The molecule has 1 amide bonds. The highest BCUT2D eigenvalue weighted by Crippen LogP contribution is 2.19. The molecule has 0 saturated carbocycles. The van der Waals surface area contributed by atoms with Crippen molar-refractivity contribution in [1.82, 2.24) is 20.0 Å². The van der Waals surface area contributed by atoms with Crippen molar-refractivity contribution in [2.45, 2.75) is 38.6 Å². The number of piperidine rings is 1. The predicted octanol–water partition coefficient (Wildman–Crippen LogP) is 3.27. The molecule has 2 heterocycles. The Morgan fingerprint density at radius 3 is 2.65 bits per heavy atom. The van der Waals surface area contributed by atoms with Crippen LogP contribution >= 0.6 is 0 Å². The molecule has 5 nitrogen and oxygen atoms in total. The van der Waals surface area contributed by atoms with E-state index in [-0.39, 0.29) is 11.4 Å². The number of hydrogen-bond donors (Lipinski definition) is 1. The molecule has 0 aliphatic carbocycles. The lowest BCUT2D eigenvalue weighted by molar-refractivity contribution is -0.117. The van der Waals surface area contributed by atoms with Crippen molar-refractivity contribution in [3.63, 3.8) is 0 Å². The smallest absolute Gasteiger partial charge is 0.244 e. The third-order valence-electron chi connectivity index (χ3n) is 4.96. The maximum Gasteiger partial charge on any atom is 0.244 e. The van der Waals surface area contributed by atoms with Crippen molar-refractivity contribution in [3.8, 4) is 5.69 Å². The number of carbonyl (C=O) groups excluding carboxylic acids is 1. The van der Waals surface area contributed by atoms with E-state index in [2.05, 4.69) is 29.2 Å². The number of para-hydroxylation sites is 1. The molecular formula is C21H28N4O. The lowest BCUT2D eigenvalue weighted by atomic mass is 9.98. The van der Waals surface area contributed by atoms with Gasteiger partial charge in [0.15, 0.2) is 0 Å². The number of hydrogen-bond acceptors (Lipinski definition) is 3. The second-order valence-electron chi connectivity index (χ2n) is 7.47. The van der Waals surface area contributed by atoms with Crippen LogP contribution < -0.4 is 5.32 Å². The molecule has 1 aromatic carbocycles. The monoisotopic (exact) mass is 352 g/mol. The van der Waals surface area contributed by atoms with Gasteiger partial charge in [-0.15, -0.1) is 0 Å². The Hall–Kier alpha value is -2.40. The van der Waals surface area contributed by atoms with Gasteiger partial charge < -0.3 is 5.32 Å². The van der Waals surface area contributed by atoms with Crippen molar-refractivity contribution >= 4 is 12.0 Å². The summed E-state index contributed by atoms with van der Waals surface area (Å²) in [5.74, 6) is -0.0671. The van der Waals surface area contributed by atoms with E-state index in [1.807, 2.05) is 36.5 Å². The topological polar surface area (TPSA) is 50.2 Å². The summed E-state index contributed by atoms with van der Waals surface area (Å²) < 4.78 is 1.80. The van der Waals surface area contributed by atoms with Crippen molar-refractivity contribution < 1.29 is 4.79 Å². The van der Waals surface area contributed by atoms with E-state index in [1.54, 1.807) is 23.0 Å². The van der Waals surface area contributed by atoms with Crippen molar-refractivity contribution in [3.05, 3.63) is 54.4 Å². The molecule has 0 bridgehead atoms. The summed E-state index contributed by atoms with van der Waals surface area (Å²) >= 11 is 0. The van der Waals surface area contributed by atoms with E-state index >= 15 is 0 Å². The van der Waals surface area contributed by atoms with Gasteiger partial charge in [0, 0.05) is 29.9 Å². The maximum absolute atomic E-state index is 12.2. The summed E-state index contributed by atoms with van der Waals surface area (Å²) in [5, 5.41) is 7.37. The number of aromatic nitrogens is 2. The molecule has 5 heteroatoms. The first-order chi connectivity index (χ1) is 12.5. The predicted molar refractivity (Wildman–Crippen MR) is 105 cm³/mol. The Kier molecular flexibility index (Phi) is 5.89. The summed E-state index contributed by atoms with van der Waals surface area (Å²) in [4.78, 5) is 14.7. The fourth-order valence-electron chi connectivity index (χ4n) is 3.29. The molecule has 3 rings (SSSR count). The van der Waals surface area contributed by atoms with E-state index < -0.39 is 0 Å². The van der Waals surface area contributed by atoms with Crippen molar-refractivity contribution in [2.75, 3.05) is 19.6 Å². The lowest BCUT2D eigenvalue weighted by Crippen LogP contribution is -2.53. The SMILES string of the molecule is CC(C)(CNC(=O)C=Cc1cnn(-c2ccccc2)c1)N1CCCCC1. The fourth-order valence-corrected chi connectivity index (χ4v) is 3.29. The normalized spacial score (nSPS) is 16.1. The number of carbonyl (C=O) groups is 1. The van der Waals surface area contributed by atoms with Crippen molar-refractivity contribution in [2.24, 2.45) is 0 Å².